The van der Waals surface area contributed by atoms with E-state index in [1.165, 1.54) is 24.8 Å². The maximum absolute atomic E-state index is 10.3. The second-order valence-electron chi connectivity index (χ2n) is 3.96. The molecule has 12 heavy (non-hydrogen) atoms. The van der Waals surface area contributed by atoms with E-state index in [1.54, 1.807) is 0 Å². The van der Waals surface area contributed by atoms with Gasteiger partial charge in [0, 0.05) is 6.42 Å². The molecule has 0 saturated heterocycles. The lowest BCUT2D eigenvalue weighted by Crippen LogP contribution is -2.14. The zero-order chi connectivity index (χ0) is 8.97. The van der Waals surface area contributed by atoms with Crippen LogP contribution in [-0.4, -0.2) is 6.29 Å². The topological polar surface area (TPSA) is 17.1 Å². The normalized spacial score (nSPS) is 26.2. The zero-order valence-corrected chi connectivity index (χ0v) is 8.05. The van der Waals surface area contributed by atoms with Crippen LogP contribution in [0.25, 0.3) is 0 Å². The molecule has 0 aliphatic heterocycles. The van der Waals surface area contributed by atoms with Crippen molar-refractivity contribution in [1.82, 2.24) is 0 Å². The maximum Gasteiger partial charge on any atom is 0.120 e. The van der Waals surface area contributed by atoms with Crippen LogP contribution in [0.3, 0.4) is 0 Å². The van der Waals surface area contributed by atoms with Gasteiger partial charge in [0.2, 0.25) is 0 Å². The summed E-state index contributed by atoms with van der Waals surface area (Å²) in [4.78, 5) is 10.3. The summed E-state index contributed by atoms with van der Waals surface area (Å²) in [5, 5.41) is 0. The first-order valence-corrected chi connectivity index (χ1v) is 4.83. The molecule has 1 unspecified atom stereocenters. The molecule has 1 nitrogen and oxygen atoms in total. The number of aldehydes is 1. The summed E-state index contributed by atoms with van der Waals surface area (Å²) in [6.07, 6.45) is 7.80. The van der Waals surface area contributed by atoms with Crippen LogP contribution in [0.4, 0.5) is 0 Å². The van der Waals surface area contributed by atoms with Crippen LogP contribution in [0.2, 0.25) is 0 Å². The van der Waals surface area contributed by atoms with Crippen LogP contribution in [0.15, 0.2) is 11.6 Å². The Hall–Kier alpha value is -0.590. The summed E-state index contributed by atoms with van der Waals surface area (Å²) in [6.45, 7) is 4.38. The zero-order valence-electron chi connectivity index (χ0n) is 8.05. The van der Waals surface area contributed by atoms with Crippen molar-refractivity contribution in [3.63, 3.8) is 0 Å². The molecule has 0 aromatic heterocycles. The number of allylic oxidation sites excluding steroid dienone is 2. The Morgan fingerprint density at radius 1 is 1.75 bits per heavy atom. The highest BCUT2D eigenvalue weighted by molar-refractivity contribution is 5.49. The van der Waals surface area contributed by atoms with E-state index in [9.17, 15) is 4.79 Å². The first-order valence-electron chi connectivity index (χ1n) is 4.83. The first kappa shape index (κ1) is 9.50. The molecular formula is C11H18O. The number of hydrogen-bond donors (Lipinski definition) is 0. The Morgan fingerprint density at radius 3 is 3.00 bits per heavy atom. The van der Waals surface area contributed by atoms with E-state index in [0.29, 0.717) is 5.92 Å². The monoisotopic (exact) mass is 166 g/mol. The Balaban J connectivity index is 2.39. The molecule has 0 N–H and O–H groups in total. The Labute approximate surface area is 74.9 Å². The molecule has 1 rings (SSSR count). The predicted molar refractivity (Wildman–Crippen MR) is 50.9 cm³/mol. The number of rotatable bonds is 3. The average Bonchev–Trinajstić information content (AvgIpc) is 2.06. The first-order chi connectivity index (χ1) is 5.74. The minimum absolute atomic E-state index is 0.576. The third-order valence-corrected chi connectivity index (χ3v) is 2.95. The van der Waals surface area contributed by atoms with E-state index in [0.717, 1.165) is 18.6 Å². The highest BCUT2D eigenvalue weighted by atomic mass is 16.1. The van der Waals surface area contributed by atoms with E-state index in [1.807, 2.05) is 0 Å². The molecule has 1 aliphatic rings. The van der Waals surface area contributed by atoms with Crippen LogP contribution in [0.5, 0.6) is 0 Å². The fourth-order valence-corrected chi connectivity index (χ4v) is 1.85. The molecule has 0 heterocycles. The van der Waals surface area contributed by atoms with Gasteiger partial charge in [-0.1, -0.05) is 18.6 Å². The van der Waals surface area contributed by atoms with Crippen molar-refractivity contribution in [2.24, 2.45) is 11.8 Å². The number of hydrogen-bond acceptors (Lipinski definition) is 1. The van der Waals surface area contributed by atoms with E-state index in [2.05, 4.69) is 19.9 Å². The summed E-state index contributed by atoms with van der Waals surface area (Å²) in [7, 11) is 0. The summed E-state index contributed by atoms with van der Waals surface area (Å²) >= 11 is 0. The fourth-order valence-electron chi connectivity index (χ4n) is 1.85. The van der Waals surface area contributed by atoms with Gasteiger partial charge in [0.1, 0.15) is 6.29 Å². The van der Waals surface area contributed by atoms with Gasteiger partial charge in [-0.3, -0.25) is 0 Å². The molecule has 0 bridgehead atoms. The minimum Gasteiger partial charge on any atom is -0.303 e. The third kappa shape index (κ3) is 2.47. The molecule has 68 valence electrons. The van der Waals surface area contributed by atoms with Crippen LogP contribution in [0, 0.1) is 11.8 Å². The van der Waals surface area contributed by atoms with Crippen LogP contribution < -0.4 is 0 Å². The Morgan fingerprint density at radius 2 is 2.50 bits per heavy atom. The second kappa shape index (κ2) is 4.44. The molecule has 1 aliphatic carbocycles. The smallest absolute Gasteiger partial charge is 0.120 e. The van der Waals surface area contributed by atoms with E-state index < -0.39 is 0 Å². The van der Waals surface area contributed by atoms with Gasteiger partial charge in [-0.25, -0.2) is 0 Å². The van der Waals surface area contributed by atoms with E-state index in [4.69, 9.17) is 0 Å². The van der Waals surface area contributed by atoms with Gasteiger partial charge < -0.3 is 4.79 Å². The second-order valence-corrected chi connectivity index (χ2v) is 3.96. The van der Waals surface area contributed by atoms with Gasteiger partial charge in [0.25, 0.3) is 0 Å². The van der Waals surface area contributed by atoms with E-state index >= 15 is 0 Å². The fraction of sp³-hybridized carbons (Fsp3) is 0.727. The third-order valence-electron chi connectivity index (χ3n) is 2.95. The molecular weight excluding hydrogens is 148 g/mol. The predicted octanol–water partition coefficient (Wildman–Crippen LogP) is 2.96. The van der Waals surface area contributed by atoms with Crippen LogP contribution in [-0.2, 0) is 4.79 Å². The van der Waals surface area contributed by atoms with Crippen molar-refractivity contribution < 1.29 is 4.79 Å². The summed E-state index contributed by atoms with van der Waals surface area (Å²) in [5.74, 6) is 1.32. The van der Waals surface area contributed by atoms with Gasteiger partial charge in [-0.05, 0) is 38.0 Å². The highest BCUT2D eigenvalue weighted by Gasteiger charge is 2.18. The molecule has 0 saturated carbocycles. The molecule has 2 atom stereocenters. The van der Waals surface area contributed by atoms with Crippen molar-refractivity contribution in [3.05, 3.63) is 11.6 Å². The van der Waals surface area contributed by atoms with Gasteiger partial charge in [-0.15, -0.1) is 0 Å². The summed E-state index contributed by atoms with van der Waals surface area (Å²) in [5.41, 5.74) is 1.52. The maximum atomic E-state index is 10.3. The van der Waals surface area contributed by atoms with Gasteiger partial charge >= 0.3 is 0 Å². The van der Waals surface area contributed by atoms with Crippen molar-refractivity contribution in [2.75, 3.05) is 0 Å². The number of carbonyl (C=O) groups is 1. The number of carbonyl (C=O) groups excluding carboxylic acids is 1. The molecule has 1 heteroatoms. The largest absolute Gasteiger partial charge is 0.303 e. The lowest BCUT2D eigenvalue weighted by Gasteiger charge is -2.25. The Kier molecular flexibility index (Phi) is 3.51. The van der Waals surface area contributed by atoms with Gasteiger partial charge in [0.15, 0.2) is 0 Å². The van der Waals surface area contributed by atoms with Crippen molar-refractivity contribution in [2.45, 2.75) is 39.5 Å². The standard InChI is InChI=1S/C11H18O/c1-9-3-5-11(6-4-9)10(2)7-8-12/h3,8,10-11H,4-7H2,1-2H3/t10?,11-/m0/s1. The van der Waals surface area contributed by atoms with Crippen molar-refractivity contribution in [3.8, 4) is 0 Å². The SMILES string of the molecule is CC1=CC[C@H](C(C)CC=O)CC1. The van der Waals surface area contributed by atoms with Crippen molar-refractivity contribution >= 4 is 6.29 Å². The quantitative estimate of drug-likeness (QED) is 0.465. The molecule has 0 fully saturated rings. The lowest BCUT2D eigenvalue weighted by molar-refractivity contribution is -0.108. The minimum atomic E-state index is 0.576. The molecule has 0 radical (unpaired) electrons. The van der Waals surface area contributed by atoms with Crippen molar-refractivity contribution in [1.29, 1.82) is 0 Å². The van der Waals surface area contributed by atoms with Crippen LogP contribution >= 0.6 is 0 Å². The highest BCUT2D eigenvalue weighted by Crippen LogP contribution is 2.30. The van der Waals surface area contributed by atoms with Crippen LogP contribution in [0.1, 0.15) is 39.5 Å². The molecule has 0 aromatic rings. The van der Waals surface area contributed by atoms with Gasteiger partial charge in [0.05, 0.1) is 0 Å². The lowest BCUT2D eigenvalue weighted by atomic mass is 9.81. The van der Waals surface area contributed by atoms with Gasteiger partial charge in [-0.2, -0.15) is 0 Å². The molecule has 0 aromatic carbocycles. The molecule has 0 amide bonds. The van der Waals surface area contributed by atoms with E-state index in [-0.39, 0.29) is 0 Å². The summed E-state index contributed by atoms with van der Waals surface area (Å²) < 4.78 is 0. The molecule has 0 spiro atoms. The Bertz CT molecular complexity index is 181. The summed E-state index contributed by atoms with van der Waals surface area (Å²) in [6, 6.07) is 0. The average molecular weight is 166 g/mol.